The molecule has 0 bridgehead atoms. The number of pyridine rings is 1. The van der Waals surface area contributed by atoms with Crippen molar-refractivity contribution in [2.45, 2.75) is 39.0 Å². The first-order chi connectivity index (χ1) is 11.3. The molecule has 2 aromatic heterocycles. The van der Waals surface area contributed by atoms with Gasteiger partial charge >= 0.3 is 0 Å². The third-order valence-corrected chi connectivity index (χ3v) is 4.21. The molecule has 0 amide bonds. The zero-order valence-corrected chi connectivity index (χ0v) is 13.3. The molecule has 0 spiro atoms. The van der Waals surface area contributed by atoms with Crippen LogP contribution >= 0.6 is 0 Å². The number of benzene rings is 1. The third-order valence-electron chi connectivity index (χ3n) is 4.21. The fourth-order valence-corrected chi connectivity index (χ4v) is 2.68. The molecular formula is C19H21N3O. The Bertz CT molecular complexity index is 803. The Labute approximate surface area is 136 Å². The van der Waals surface area contributed by atoms with Crippen LogP contribution < -0.4 is 10.1 Å². The van der Waals surface area contributed by atoms with Crippen molar-refractivity contribution < 1.29 is 4.74 Å². The van der Waals surface area contributed by atoms with E-state index in [2.05, 4.69) is 35.4 Å². The molecule has 118 valence electrons. The summed E-state index contributed by atoms with van der Waals surface area (Å²) < 4.78 is 7.90. The zero-order chi connectivity index (χ0) is 15.6. The third kappa shape index (κ3) is 3.37. The van der Waals surface area contributed by atoms with Crippen LogP contribution in [0.15, 0.2) is 48.8 Å². The van der Waals surface area contributed by atoms with Crippen LogP contribution in [0.2, 0.25) is 0 Å². The van der Waals surface area contributed by atoms with Crippen molar-refractivity contribution in [1.29, 1.82) is 0 Å². The summed E-state index contributed by atoms with van der Waals surface area (Å²) in [5.41, 5.74) is 4.41. The largest absolute Gasteiger partial charge is 0.487 e. The van der Waals surface area contributed by atoms with Gasteiger partial charge in [0, 0.05) is 25.0 Å². The maximum absolute atomic E-state index is 5.86. The number of fused-ring (bicyclic) bond motifs is 1. The van der Waals surface area contributed by atoms with Crippen molar-refractivity contribution in [2.24, 2.45) is 0 Å². The fourth-order valence-electron chi connectivity index (χ4n) is 2.68. The van der Waals surface area contributed by atoms with Crippen LogP contribution in [-0.4, -0.2) is 15.4 Å². The Kier molecular flexibility index (Phi) is 3.75. The first kappa shape index (κ1) is 14.3. The summed E-state index contributed by atoms with van der Waals surface area (Å²) in [6.45, 7) is 3.50. The Balaban J connectivity index is 1.38. The number of hydrogen-bond acceptors (Lipinski definition) is 3. The number of rotatable bonds is 6. The number of aromatic nitrogens is 2. The van der Waals surface area contributed by atoms with Crippen LogP contribution in [0, 0.1) is 6.92 Å². The van der Waals surface area contributed by atoms with Gasteiger partial charge in [0.05, 0.1) is 5.69 Å². The predicted molar refractivity (Wildman–Crippen MR) is 90.6 cm³/mol. The Morgan fingerprint density at radius 3 is 2.78 bits per heavy atom. The molecule has 0 atom stereocenters. The smallest absolute Gasteiger partial charge is 0.140 e. The van der Waals surface area contributed by atoms with E-state index in [-0.39, 0.29) is 0 Å². The molecule has 2 heterocycles. The van der Waals surface area contributed by atoms with Crippen molar-refractivity contribution >= 4 is 5.65 Å². The summed E-state index contributed by atoms with van der Waals surface area (Å²) in [7, 11) is 0. The highest BCUT2D eigenvalue weighted by Gasteiger charge is 2.19. The molecule has 4 rings (SSSR count). The van der Waals surface area contributed by atoms with Crippen LogP contribution in [0.25, 0.3) is 5.65 Å². The lowest BCUT2D eigenvalue weighted by Crippen LogP contribution is -2.15. The molecule has 0 saturated heterocycles. The quantitative estimate of drug-likeness (QED) is 0.758. The van der Waals surface area contributed by atoms with Crippen molar-refractivity contribution in [1.82, 2.24) is 14.7 Å². The highest BCUT2D eigenvalue weighted by Crippen LogP contribution is 2.20. The topological polar surface area (TPSA) is 38.6 Å². The molecule has 3 aromatic rings. The normalized spacial score (nSPS) is 14.3. The van der Waals surface area contributed by atoms with Gasteiger partial charge in [0.25, 0.3) is 0 Å². The Hall–Kier alpha value is -2.33. The lowest BCUT2D eigenvalue weighted by Gasteiger charge is -2.06. The lowest BCUT2D eigenvalue weighted by atomic mass is 10.2. The van der Waals surface area contributed by atoms with E-state index in [1.54, 1.807) is 0 Å². The molecule has 0 aliphatic heterocycles. The minimum absolute atomic E-state index is 0.487. The number of nitrogens with zero attached hydrogens (tertiary/aromatic N) is 2. The molecular weight excluding hydrogens is 286 g/mol. The predicted octanol–water partition coefficient (Wildman–Crippen LogP) is 3.47. The number of imidazole rings is 1. The number of aryl methyl sites for hydroxylation is 1. The van der Waals surface area contributed by atoms with E-state index in [1.165, 1.54) is 24.0 Å². The summed E-state index contributed by atoms with van der Waals surface area (Å²) in [6.07, 6.45) is 6.68. The first-order valence-corrected chi connectivity index (χ1v) is 8.16. The van der Waals surface area contributed by atoms with E-state index < -0.39 is 0 Å². The highest BCUT2D eigenvalue weighted by atomic mass is 16.5. The van der Waals surface area contributed by atoms with Gasteiger partial charge in [-0.05, 0) is 49.1 Å². The van der Waals surface area contributed by atoms with Gasteiger partial charge in [0.15, 0.2) is 0 Å². The Morgan fingerprint density at radius 1 is 1.22 bits per heavy atom. The summed E-state index contributed by atoms with van der Waals surface area (Å²) in [4.78, 5) is 4.63. The lowest BCUT2D eigenvalue weighted by molar-refractivity contribution is 0.302. The van der Waals surface area contributed by atoms with E-state index >= 15 is 0 Å². The van der Waals surface area contributed by atoms with Gasteiger partial charge in [-0.15, -0.1) is 0 Å². The van der Waals surface area contributed by atoms with Gasteiger partial charge in [0.2, 0.25) is 0 Å². The standard InChI is InChI=1S/C19H21N3O/c1-14-3-2-10-22-12-17(21-19(14)22)13-23-18-8-4-15(5-9-18)11-20-16-6-7-16/h2-5,8-10,12,16,20H,6-7,11,13H2,1H3. The maximum atomic E-state index is 5.86. The van der Waals surface area contributed by atoms with Crippen LogP contribution in [0.1, 0.15) is 29.7 Å². The van der Waals surface area contributed by atoms with E-state index in [0.29, 0.717) is 6.61 Å². The van der Waals surface area contributed by atoms with E-state index in [4.69, 9.17) is 4.74 Å². The second-order valence-electron chi connectivity index (χ2n) is 6.24. The van der Waals surface area contributed by atoms with Crippen molar-refractivity contribution in [3.8, 4) is 5.75 Å². The Morgan fingerprint density at radius 2 is 2.04 bits per heavy atom. The van der Waals surface area contributed by atoms with E-state index in [0.717, 1.165) is 29.7 Å². The van der Waals surface area contributed by atoms with Gasteiger partial charge < -0.3 is 14.5 Å². The van der Waals surface area contributed by atoms with Gasteiger partial charge in [-0.25, -0.2) is 4.98 Å². The maximum Gasteiger partial charge on any atom is 0.140 e. The monoisotopic (exact) mass is 307 g/mol. The number of ether oxygens (including phenoxy) is 1. The molecule has 23 heavy (non-hydrogen) atoms. The summed E-state index contributed by atoms with van der Waals surface area (Å²) in [5.74, 6) is 0.883. The molecule has 1 aromatic carbocycles. The summed E-state index contributed by atoms with van der Waals surface area (Å²) in [5, 5.41) is 3.52. The molecule has 1 fully saturated rings. The van der Waals surface area contributed by atoms with Crippen LogP contribution in [0.3, 0.4) is 0 Å². The second-order valence-corrected chi connectivity index (χ2v) is 6.24. The van der Waals surface area contributed by atoms with Crippen molar-refractivity contribution in [3.05, 3.63) is 65.6 Å². The van der Waals surface area contributed by atoms with E-state index in [1.807, 2.05) is 35.0 Å². The second kappa shape index (κ2) is 6.05. The average Bonchev–Trinajstić information content (AvgIpc) is 3.30. The summed E-state index contributed by atoms with van der Waals surface area (Å²) in [6, 6.07) is 13.2. The zero-order valence-electron chi connectivity index (χ0n) is 13.3. The minimum Gasteiger partial charge on any atom is -0.487 e. The van der Waals surface area contributed by atoms with Gasteiger partial charge in [-0.1, -0.05) is 18.2 Å². The number of nitrogens with one attached hydrogen (secondary N) is 1. The molecule has 0 unspecified atom stereocenters. The molecule has 1 N–H and O–H groups in total. The van der Waals surface area contributed by atoms with Gasteiger partial charge in [0.1, 0.15) is 18.0 Å². The van der Waals surface area contributed by atoms with Crippen LogP contribution in [0.5, 0.6) is 5.75 Å². The fraction of sp³-hybridized carbons (Fsp3) is 0.316. The minimum atomic E-state index is 0.487. The van der Waals surface area contributed by atoms with Gasteiger partial charge in [-0.3, -0.25) is 0 Å². The van der Waals surface area contributed by atoms with Crippen LogP contribution in [-0.2, 0) is 13.2 Å². The van der Waals surface area contributed by atoms with Gasteiger partial charge in [-0.2, -0.15) is 0 Å². The SMILES string of the molecule is Cc1cccn2cc(COc3ccc(CNC4CC4)cc3)nc12. The van der Waals surface area contributed by atoms with Crippen LogP contribution in [0.4, 0.5) is 0 Å². The average molecular weight is 307 g/mol. The molecule has 4 nitrogen and oxygen atoms in total. The molecule has 1 saturated carbocycles. The van der Waals surface area contributed by atoms with E-state index in [9.17, 15) is 0 Å². The van der Waals surface area contributed by atoms with Crippen molar-refractivity contribution in [3.63, 3.8) is 0 Å². The molecule has 4 heteroatoms. The number of hydrogen-bond donors (Lipinski definition) is 1. The summed E-state index contributed by atoms with van der Waals surface area (Å²) >= 11 is 0. The molecule has 1 aliphatic carbocycles. The first-order valence-electron chi connectivity index (χ1n) is 8.16. The molecule has 1 aliphatic rings. The molecule has 0 radical (unpaired) electrons. The highest BCUT2D eigenvalue weighted by molar-refractivity contribution is 5.47. The van der Waals surface area contributed by atoms with Crippen molar-refractivity contribution in [2.75, 3.05) is 0 Å².